The Balaban J connectivity index is 3.74. The maximum absolute atomic E-state index is 11.2. The van der Waals surface area contributed by atoms with Gasteiger partial charge in [-0.25, -0.2) is 0 Å². The largest absolute Gasteiger partial charge is 0.388 e. The Morgan fingerprint density at radius 3 is 2.43 bits per heavy atom. The predicted octanol–water partition coefficient (Wildman–Crippen LogP) is 1.41. The zero-order valence-corrected chi connectivity index (χ0v) is 10.1. The van der Waals surface area contributed by atoms with Gasteiger partial charge in [0.25, 0.3) is 0 Å². The quantitative estimate of drug-likeness (QED) is 0.680. The van der Waals surface area contributed by atoms with Crippen LogP contribution in [0.15, 0.2) is 0 Å². The van der Waals surface area contributed by atoms with E-state index in [4.69, 9.17) is 0 Å². The van der Waals surface area contributed by atoms with E-state index in [9.17, 15) is 9.90 Å². The lowest BCUT2D eigenvalue weighted by atomic mass is 9.98. The third-order valence-corrected chi connectivity index (χ3v) is 3.08. The minimum atomic E-state index is -0.727. The van der Waals surface area contributed by atoms with Crippen LogP contribution in [0.3, 0.4) is 0 Å². The smallest absolute Gasteiger partial charge is 0.220 e. The second-order valence-electron chi connectivity index (χ2n) is 3.45. The van der Waals surface area contributed by atoms with Crippen molar-refractivity contribution < 1.29 is 9.90 Å². The molecule has 0 bridgehead atoms. The van der Waals surface area contributed by atoms with Gasteiger partial charge in [0.15, 0.2) is 0 Å². The van der Waals surface area contributed by atoms with Gasteiger partial charge in [-0.1, -0.05) is 13.8 Å². The molecule has 0 aliphatic heterocycles. The summed E-state index contributed by atoms with van der Waals surface area (Å²) in [4.78, 5) is 11.2. The summed E-state index contributed by atoms with van der Waals surface area (Å²) in [5.41, 5.74) is -0.727. The van der Waals surface area contributed by atoms with Gasteiger partial charge in [0.2, 0.25) is 5.91 Å². The summed E-state index contributed by atoms with van der Waals surface area (Å²) in [7, 11) is 0. The van der Waals surface area contributed by atoms with Crippen LogP contribution in [0.25, 0.3) is 0 Å². The molecular weight excluding hydrogens is 198 g/mol. The zero-order chi connectivity index (χ0) is 11.0. The fourth-order valence-electron chi connectivity index (χ4n) is 1.05. The Bertz CT molecular complexity index is 170. The minimum Gasteiger partial charge on any atom is -0.388 e. The monoisotopic (exact) mass is 219 g/mol. The van der Waals surface area contributed by atoms with E-state index in [0.29, 0.717) is 25.8 Å². The van der Waals surface area contributed by atoms with Crippen molar-refractivity contribution in [3.05, 3.63) is 0 Å². The molecule has 0 unspecified atom stereocenters. The number of thioether (sulfide) groups is 1. The molecule has 0 spiro atoms. The first-order valence-corrected chi connectivity index (χ1v) is 6.45. The van der Waals surface area contributed by atoms with Crippen LogP contribution in [-0.4, -0.2) is 35.2 Å². The summed E-state index contributed by atoms with van der Waals surface area (Å²) in [6, 6.07) is 0. The van der Waals surface area contributed by atoms with Gasteiger partial charge in [-0.2, -0.15) is 11.8 Å². The first-order chi connectivity index (χ1) is 6.58. The molecule has 2 N–H and O–H groups in total. The van der Waals surface area contributed by atoms with Gasteiger partial charge in [-0.15, -0.1) is 0 Å². The van der Waals surface area contributed by atoms with Crippen LogP contribution in [-0.2, 0) is 4.79 Å². The van der Waals surface area contributed by atoms with Crippen molar-refractivity contribution in [2.24, 2.45) is 0 Å². The predicted molar refractivity (Wildman–Crippen MR) is 61.5 cm³/mol. The molecule has 1 amide bonds. The maximum atomic E-state index is 11.2. The fraction of sp³-hybridized carbons (Fsp3) is 0.900. The number of hydrogen-bond acceptors (Lipinski definition) is 3. The lowest BCUT2D eigenvalue weighted by molar-refractivity contribution is -0.122. The van der Waals surface area contributed by atoms with E-state index in [1.807, 2.05) is 20.1 Å². The van der Waals surface area contributed by atoms with Crippen molar-refractivity contribution in [3.63, 3.8) is 0 Å². The van der Waals surface area contributed by atoms with Crippen LogP contribution < -0.4 is 5.32 Å². The number of carbonyl (C=O) groups excluding carboxylic acids is 1. The summed E-state index contributed by atoms with van der Waals surface area (Å²) in [6.45, 7) is 4.22. The maximum Gasteiger partial charge on any atom is 0.220 e. The van der Waals surface area contributed by atoms with Gasteiger partial charge >= 0.3 is 0 Å². The standard InChI is InChI=1S/C10H21NO2S/c1-4-10(13,5-2)8-11-9(12)6-7-14-3/h13H,4-8H2,1-3H3,(H,11,12). The van der Waals surface area contributed by atoms with Crippen LogP contribution in [0.1, 0.15) is 33.1 Å². The second kappa shape index (κ2) is 7.12. The van der Waals surface area contributed by atoms with Gasteiger partial charge in [-0.3, -0.25) is 4.79 Å². The molecule has 0 atom stereocenters. The number of amides is 1. The van der Waals surface area contributed by atoms with Gasteiger partial charge in [0.05, 0.1) is 5.60 Å². The van der Waals surface area contributed by atoms with Gasteiger partial charge in [0, 0.05) is 18.7 Å². The van der Waals surface area contributed by atoms with Crippen molar-refractivity contribution in [1.29, 1.82) is 0 Å². The highest BCUT2D eigenvalue weighted by atomic mass is 32.2. The fourth-order valence-corrected chi connectivity index (χ4v) is 1.44. The highest BCUT2D eigenvalue weighted by molar-refractivity contribution is 7.98. The number of hydrogen-bond donors (Lipinski definition) is 2. The molecule has 0 aromatic carbocycles. The van der Waals surface area contributed by atoms with E-state index in [0.717, 1.165) is 5.75 Å². The highest BCUT2D eigenvalue weighted by Crippen LogP contribution is 2.12. The molecule has 0 saturated heterocycles. The molecule has 0 fully saturated rings. The molecule has 0 rings (SSSR count). The topological polar surface area (TPSA) is 49.3 Å². The summed E-state index contributed by atoms with van der Waals surface area (Å²) in [6.07, 6.45) is 3.85. The van der Waals surface area contributed by atoms with Crippen molar-refractivity contribution in [2.45, 2.75) is 38.7 Å². The Kier molecular flexibility index (Phi) is 7.01. The van der Waals surface area contributed by atoms with Gasteiger partial charge in [0.1, 0.15) is 0 Å². The first kappa shape index (κ1) is 13.8. The molecule has 0 aromatic rings. The van der Waals surface area contributed by atoms with Crippen molar-refractivity contribution >= 4 is 17.7 Å². The van der Waals surface area contributed by atoms with Gasteiger partial charge < -0.3 is 10.4 Å². The molecule has 4 heteroatoms. The highest BCUT2D eigenvalue weighted by Gasteiger charge is 2.22. The summed E-state index contributed by atoms with van der Waals surface area (Å²) in [5.74, 6) is 0.863. The zero-order valence-electron chi connectivity index (χ0n) is 9.30. The molecule has 0 heterocycles. The molecular formula is C10H21NO2S. The normalized spacial score (nSPS) is 11.4. The Morgan fingerprint density at radius 2 is 2.00 bits per heavy atom. The van der Waals surface area contributed by atoms with Crippen molar-refractivity contribution in [3.8, 4) is 0 Å². The van der Waals surface area contributed by atoms with E-state index in [-0.39, 0.29) is 5.91 Å². The summed E-state index contributed by atoms with van der Waals surface area (Å²) >= 11 is 1.65. The SMILES string of the molecule is CCC(O)(CC)CNC(=O)CCSC. The van der Waals surface area contributed by atoms with Crippen molar-refractivity contribution in [2.75, 3.05) is 18.6 Å². The lowest BCUT2D eigenvalue weighted by Crippen LogP contribution is -2.42. The minimum absolute atomic E-state index is 0.0275. The molecule has 84 valence electrons. The van der Waals surface area contributed by atoms with Crippen LogP contribution in [0.4, 0.5) is 0 Å². The van der Waals surface area contributed by atoms with E-state index in [1.54, 1.807) is 11.8 Å². The van der Waals surface area contributed by atoms with Crippen LogP contribution in [0.2, 0.25) is 0 Å². The number of carbonyl (C=O) groups is 1. The average molecular weight is 219 g/mol. The van der Waals surface area contributed by atoms with E-state index >= 15 is 0 Å². The van der Waals surface area contributed by atoms with Crippen LogP contribution >= 0.6 is 11.8 Å². The molecule has 0 radical (unpaired) electrons. The third-order valence-electron chi connectivity index (χ3n) is 2.46. The van der Waals surface area contributed by atoms with E-state index in [2.05, 4.69) is 5.32 Å². The molecule has 0 aromatic heterocycles. The van der Waals surface area contributed by atoms with Crippen molar-refractivity contribution in [1.82, 2.24) is 5.32 Å². The van der Waals surface area contributed by atoms with Crippen LogP contribution in [0.5, 0.6) is 0 Å². The third kappa shape index (κ3) is 5.50. The van der Waals surface area contributed by atoms with Gasteiger partial charge in [-0.05, 0) is 19.1 Å². The molecule has 14 heavy (non-hydrogen) atoms. The Morgan fingerprint density at radius 1 is 1.43 bits per heavy atom. The van der Waals surface area contributed by atoms with E-state index < -0.39 is 5.60 Å². The van der Waals surface area contributed by atoms with Crippen LogP contribution in [0, 0.1) is 0 Å². The Labute approximate surface area is 90.7 Å². The molecule has 0 aliphatic carbocycles. The summed E-state index contributed by atoms with van der Waals surface area (Å²) < 4.78 is 0. The molecule has 0 aliphatic rings. The second-order valence-corrected chi connectivity index (χ2v) is 4.44. The number of rotatable bonds is 7. The first-order valence-electron chi connectivity index (χ1n) is 5.06. The summed E-state index contributed by atoms with van der Waals surface area (Å²) in [5, 5.41) is 12.6. The molecule has 0 saturated carbocycles. The molecule has 3 nitrogen and oxygen atoms in total. The van der Waals surface area contributed by atoms with E-state index in [1.165, 1.54) is 0 Å². The number of nitrogens with one attached hydrogen (secondary N) is 1. The Hall–Kier alpha value is -0.220. The average Bonchev–Trinajstić information content (AvgIpc) is 2.23. The number of aliphatic hydroxyl groups is 1. The lowest BCUT2D eigenvalue weighted by Gasteiger charge is -2.25.